The number of urea groups is 1. The van der Waals surface area contributed by atoms with E-state index >= 15 is 0 Å². The number of primary amides is 1. The number of rotatable bonds is 4. The molecule has 3 aromatic rings. The highest BCUT2D eigenvalue weighted by molar-refractivity contribution is 7.98. The number of amides is 3. The monoisotopic (exact) mass is 432 g/mol. The van der Waals surface area contributed by atoms with Gasteiger partial charge in [-0.25, -0.2) is 4.79 Å². The molecule has 4 rings (SSSR count). The van der Waals surface area contributed by atoms with E-state index in [-0.39, 0.29) is 12.6 Å². The van der Waals surface area contributed by atoms with Crippen LogP contribution < -0.4 is 11.1 Å². The van der Waals surface area contributed by atoms with Gasteiger partial charge in [0.05, 0.1) is 36.0 Å². The zero-order valence-electron chi connectivity index (χ0n) is 16.8. The molecule has 3 amide bonds. The van der Waals surface area contributed by atoms with Crippen LogP contribution in [0.4, 0.5) is 10.5 Å². The molecule has 0 atom stereocenters. The zero-order chi connectivity index (χ0) is 22.0. The molecule has 8 nitrogen and oxygen atoms in total. The van der Waals surface area contributed by atoms with Gasteiger partial charge in [0.2, 0.25) is 0 Å². The van der Waals surface area contributed by atoms with Crippen molar-refractivity contribution in [3.8, 4) is 17.3 Å². The van der Waals surface area contributed by atoms with E-state index in [1.807, 2.05) is 36.6 Å². The third kappa shape index (κ3) is 4.11. The highest BCUT2D eigenvalue weighted by atomic mass is 32.2. The largest absolute Gasteiger partial charge is 0.365 e. The van der Waals surface area contributed by atoms with Crippen molar-refractivity contribution in [2.24, 2.45) is 5.73 Å². The minimum atomic E-state index is -0.569. The first-order valence-corrected chi connectivity index (χ1v) is 10.8. The van der Waals surface area contributed by atoms with Gasteiger partial charge in [0.25, 0.3) is 5.91 Å². The first kappa shape index (κ1) is 20.5. The number of nitrogens with two attached hydrogens (primary N) is 1. The molecule has 2 heterocycles. The van der Waals surface area contributed by atoms with Crippen LogP contribution in [0.15, 0.2) is 53.4 Å². The van der Waals surface area contributed by atoms with Crippen molar-refractivity contribution in [1.29, 1.82) is 5.26 Å². The smallest absolute Gasteiger partial charge is 0.322 e. The lowest BCUT2D eigenvalue weighted by molar-refractivity contribution is 0.0997. The Kier molecular flexibility index (Phi) is 5.64. The van der Waals surface area contributed by atoms with Gasteiger partial charge < -0.3 is 16.0 Å². The number of fused-ring (bicyclic) bond motifs is 1. The number of nitrogens with zero attached hydrogens (tertiary/aromatic N) is 4. The minimum absolute atomic E-state index is 0.218. The number of benzene rings is 2. The summed E-state index contributed by atoms with van der Waals surface area (Å²) in [6.07, 6.45) is 1.98. The predicted octanol–water partition coefficient (Wildman–Crippen LogP) is 3.29. The molecule has 0 fully saturated rings. The van der Waals surface area contributed by atoms with Crippen LogP contribution in [0.1, 0.15) is 21.6 Å². The summed E-state index contributed by atoms with van der Waals surface area (Å²) in [6, 6.07) is 16.2. The Morgan fingerprint density at radius 1 is 1.19 bits per heavy atom. The highest BCUT2D eigenvalue weighted by Gasteiger charge is 2.29. The van der Waals surface area contributed by atoms with Gasteiger partial charge in [-0.15, -0.1) is 11.8 Å². The van der Waals surface area contributed by atoms with E-state index in [1.165, 1.54) is 0 Å². The number of aromatic nitrogens is 2. The van der Waals surface area contributed by atoms with Gasteiger partial charge >= 0.3 is 6.03 Å². The maximum atomic E-state index is 12.8. The second-order valence-electron chi connectivity index (χ2n) is 7.03. The Labute approximate surface area is 183 Å². The van der Waals surface area contributed by atoms with E-state index in [9.17, 15) is 9.59 Å². The fourth-order valence-electron chi connectivity index (χ4n) is 3.55. The van der Waals surface area contributed by atoms with Crippen molar-refractivity contribution in [3.63, 3.8) is 0 Å². The topological polar surface area (TPSA) is 117 Å². The Bertz CT molecular complexity index is 1200. The maximum Gasteiger partial charge on any atom is 0.322 e. The van der Waals surface area contributed by atoms with Gasteiger partial charge in [-0.2, -0.15) is 10.4 Å². The molecule has 1 aromatic heterocycles. The average Bonchev–Trinajstić information content (AvgIpc) is 3.18. The molecule has 31 heavy (non-hydrogen) atoms. The van der Waals surface area contributed by atoms with Crippen molar-refractivity contribution < 1.29 is 9.59 Å². The number of thioether (sulfide) groups is 1. The van der Waals surface area contributed by atoms with Crippen LogP contribution in [0.3, 0.4) is 0 Å². The lowest BCUT2D eigenvalue weighted by Gasteiger charge is -2.28. The third-order valence-electron chi connectivity index (χ3n) is 5.12. The van der Waals surface area contributed by atoms with Gasteiger partial charge in [-0.3, -0.25) is 9.48 Å². The van der Waals surface area contributed by atoms with Gasteiger partial charge in [0.15, 0.2) is 0 Å². The Hall–Kier alpha value is -3.77. The number of anilines is 1. The Balaban J connectivity index is 1.60. The van der Waals surface area contributed by atoms with E-state index in [4.69, 9.17) is 11.0 Å². The molecule has 1 aliphatic heterocycles. The summed E-state index contributed by atoms with van der Waals surface area (Å²) >= 11 is 1.60. The van der Waals surface area contributed by atoms with Gasteiger partial charge in [-0.05, 0) is 42.7 Å². The van der Waals surface area contributed by atoms with E-state index in [1.54, 1.807) is 45.6 Å². The fraction of sp³-hybridized carbons (Fsp3) is 0.182. The number of nitriles is 1. The van der Waals surface area contributed by atoms with Crippen molar-refractivity contribution in [3.05, 3.63) is 65.4 Å². The standard InChI is InChI=1S/C22H20N6O2S/c1-31-17-4-2-3-15(11-17)20-19(21(24)29)18-13-27(9-10-28(18)26-20)22(30)25-16-7-5-14(12-23)6-8-16/h2-8,11H,9-10,13H2,1H3,(H2,24,29)(H,25,30). The van der Waals surface area contributed by atoms with Crippen LogP contribution in [0.5, 0.6) is 0 Å². The third-order valence-corrected chi connectivity index (χ3v) is 5.85. The van der Waals surface area contributed by atoms with Crippen LogP contribution in [0, 0.1) is 11.3 Å². The second-order valence-corrected chi connectivity index (χ2v) is 7.91. The molecule has 0 aliphatic carbocycles. The normalized spacial score (nSPS) is 12.7. The fourth-order valence-corrected chi connectivity index (χ4v) is 4.01. The maximum absolute atomic E-state index is 12.8. The summed E-state index contributed by atoms with van der Waals surface area (Å²) < 4.78 is 1.76. The Morgan fingerprint density at radius 3 is 2.65 bits per heavy atom. The average molecular weight is 433 g/mol. The van der Waals surface area contributed by atoms with E-state index < -0.39 is 5.91 Å². The van der Waals surface area contributed by atoms with Crippen LogP contribution in [-0.2, 0) is 13.1 Å². The highest BCUT2D eigenvalue weighted by Crippen LogP contribution is 2.30. The van der Waals surface area contributed by atoms with Gasteiger partial charge in [-0.1, -0.05) is 12.1 Å². The predicted molar refractivity (Wildman–Crippen MR) is 119 cm³/mol. The van der Waals surface area contributed by atoms with E-state index in [0.717, 1.165) is 10.5 Å². The first-order valence-electron chi connectivity index (χ1n) is 9.60. The molecule has 156 valence electrons. The van der Waals surface area contributed by atoms with Crippen molar-refractivity contribution in [2.45, 2.75) is 18.0 Å². The molecule has 0 radical (unpaired) electrons. The van der Waals surface area contributed by atoms with Crippen LogP contribution in [-0.4, -0.2) is 39.4 Å². The quantitative estimate of drug-likeness (QED) is 0.614. The van der Waals surface area contributed by atoms with Crippen molar-refractivity contribution in [2.75, 3.05) is 18.1 Å². The van der Waals surface area contributed by atoms with Gasteiger partial charge in [0, 0.05) is 22.7 Å². The van der Waals surface area contributed by atoms with E-state index in [0.29, 0.717) is 41.3 Å². The summed E-state index contributed by atoms with van der Waals surface area (Å²) in [6.45, 7) is 1.12. The second kappa shape index (κ2) is 8.53. The molecular formula is C22H20N6O2S. The molecule has 0 unspecified atom stereocenters. The Morgan fingerprint density at radius 2 is 1.97 bits per heavy atom. The van der Waals surface area contributed by atoms with Crippen LogP contribution in [0.2, 0.25) is 0 Å². The number of hydrogen-bond donors (Lipinski definition) is 2. The van der Waals surface area contributed by atoms with Gasteiger partial charge in [0.1, 0.15) is 5.69 Å². The molecule has 3 N–H and O–H groups in total. The molecule has 9 heteroatoms. The summed E-state index contributed by atoms with van der Waals surface area (Å²) in [7, 11) is 0. The summed E-state index contributed by atoms with van der Waals surface area (Å²) in [5.41, 5.74) is 9.14. The molecular weight excluding hydrogens is 412 g/mol. The minimum Gasteiger partial charge on any atom is -0.365 e. The summed E-state index contributed by atoms with van der Waals surface area (Å²) in [5, 5.41) is 16.4. The van der Waals surface area contributed by atoms with Crippen molar-refractivity contribution in [1.82, 2.24) is 14.7 Å². The SMILES string of the molecule is CSc1cccc(-c2nn3c(c2C(N)=O)CN(C(=O)Nc2ccc(C#N)cc2)CC3)c1. The summed E-state index contributed by atoms with van der Waals surface area (Å²) in [5.74, 6) is -0.569. The lowest BCUT2D eigenvalue weighted by Crippen LogP contribution is -2.41. The molecule has 2 aromatic carbocycles. The van der Waals surface area contributed by atoms with Crippen LogP contribution in [0.25, 0.3) is 11.3 Å². The molecule has 0 saturated heterocycles. The molecule has 0 bridgehead atoms. The van der Waals surface area contributed by atoms with Crippen molar-refractivity contribution >= 4 is 29.4 Å². The zero-order valence-corrected chi connectivity index (χ0v) is 17.6. The molecule has 0 saturated carbocycles. The summed E-state index contributed by atoms with van der Waals surface area (Å²) in [4.78, 5) is 27.8. The number of nitrogens with one attached hydrogen (secondary N) is 1. The molecule has 1 aliphatic rings. The van der Waals surface area contributed by atoms with Crippen LogP contribution >= 0.6 is 11.8 Å². The number of carbonyl (C=O) groups is 2. The van der Waals surface area contributed by atoms with E-state index in [2.05, 4.69) is 10.4 Å². The lowest BCUT2D eigenvalue weighted by atomic mass is 10.0. The molecule has 0 spiro atoms. The number of hydrogen-bond acceptors (Lipinski definition) is 5. The number of carbonyl (C=O) groups excluding carboxylic acids is 2. The first-order chi connectivity index (χ1) is 15.0.